The maximum Gasteiger partial charge on any atom is 0.331 e. The summed E-state index contributed by atoms with van der Waals surface area (Å²) >= 11 is 2.34. The summed E-state index contributed by atoms with van der Waals surface area (Å²) < 4.78 is 6.95. The maximum absolute atomic E-state index is 13.3. The Hall–Kier alpha value is -4.57. The summed E-state index contributed by atoms with van der Waals surface area (Å²) in [5.74, 6) is -3.21. The molecule has 1 saturated heterocycles. The number of anilines is 1. The molecule has 4 heterocycles. The highest BCUT2D eigenvalue weighted by Gasteiger charge is 2.53. The summed E-state index contributed by atoms with van der Waals surface area (Å²) in [7, 11) is 0. The normalized spacial score (nSPS) is 18.5. The molecule has 2 aliphatic rings. The SMILES string of the molecule is CC(C)(C)OC(=O)/C=C/CO/N=C(\C(=O)NC1C(=O)N2C(C(=O)[O-])=C(C[n+]3ccccc3)CS[C@H]12)c1csc(NC=O)n1. The molecule has 1 unspecified atom stereocenters. The third kappa shape index (κ3) is 7.84. The lowest BCUT2D eigenvalue weighted by atomic mass is 10.0. The van der Waals surface area contributed by atoms with Gasteiger partial charge in [-0.15, -0.1) is 23.1 Å². The fourth-order valence-electron chi connectivity index (χ4n) is 4.09. The second kappa shape index (κ2) is 13.6. The fraction of sp³-hybridized carbons (Fsp3) is 0.333. The van der Waals surface area contributed by atoms with Crippen molar-refractivity contribution in [1.29, 1.82) is 0 Å². The largest absolute Gasteiger partial charge is 0.543 e. The molecule has 0 spiro atoms. The second-order valence-electron chi connectivity index (χ2n) is 10.1. The summed E-state index contributed by atoms with van der Waals surface area (Å²) in [6.45, 7) is 5.23. The van der Waals surface area contributed by atoms with E-state index in [-0.39, 0.29) is 35.4 Å². The molecular formula is C27H28N6O8S2. The number of ether oxygens (including phenoxy) is 1. The number of hydrogen-bond acceptors (Lipinski definition) is 12. The Labute approximate surface area is 254 Å². The van der Waals surface area contributed by atoms with E-state index in [9.17, 15) is 29.1 Å². The number of carboxylic acids is 1. The molecule has 2 aromatic heterocycles. The van der Waals surface area contributed by atoms with Gasteiger partial charge >= 0.3 is 5.97 Å². The molecule has 0 aliphatic carbocycles. The predicted molar refractivity (Wildman–Crippen MR) is 153 cm³/mol. The Bertz CT molecular complexity index is 1500. The number of thiazole rings is 1. The van der Waals surface area contributed by atoms with Crippen molar-refractivity contribution < 1.29 is 43.2 Å². The number of amides is 3. The number of thioether (sulfide) groups is 1. The first kappa shape index (κ1) is 31.4. The molecule has 14 nitrogen and oxygen atoms in total. The average Bonchev–Trinajstić information content (AvgIpc) is 3.41. The van der Waals surface area contributed by atoms with E-state index in [1.165, 1.54) is 23.2 Å². The molecule has 226 valence electrons. The number of nitrogens with zero attached hydrogens (tertiary/aromatic N) is 4. The van der Waals surface area contributed by atoms with Crippen LogP contribution in [0.25, 0.3) is 0 Å². The number of hydrogen-bond donors (Lipinski definition) is 2. The topological polar surface area (TPSA) is 183 Å². The highest BCUT2D eigenvalue weighted by atomic mass is 32.2. The van der Waals surface area contributed by atoms with Crippen LogP contribution < -0.4 is 20.3 Å². The van der Waals surface area contributed by atoms with Gasteiger partial charge < -0.3 is 30.1 Å². The number of nitrogens with one attached hydrogen (secondary N) is 2. The lowest BCUT2D eigenvalue weighted by Crippen LogP contribution is -2.71. The van der Waals surface area contributed by atoms with E-state index in [1.54, 1.807) is 49.9 Å². The van der Waals surface area contributed by atoms with Crippen LogP contribution in [-0.2, 0) is 40.1 Å². The fourth-order valence-corrected chi connectivity index (χ4v) is 6.08. The van der Waals surface area contributed by atoms with Gasteiger partial charge in [0.25, 0.3) is 11.8 Å². The third-order valence-corrected chi connectivity index (χ3v) is 7.92. The van der Waals surface area contributed by atoms with Crippen LogP contribution in [0.3, 0.4) is 0 Å². The Morgan fingerprint density at radius 3 is 2.67 bits per heavy atom. The molecule has 2 N–H and O–H groups in total. The van der Waals surface area contributed by atoms with Crippen LogP contribution in [0, 0.1) is 0 Å². The Balaban J connectivity index is 1.48. The van der Waals surface area contributed by atoms with Crippen molar-refractivity contribution >= 4 is 64.1 Å². The number of fused-ring (bicyclic) bond motifs is 1. The summed E-state index contributed by atoms with van der Waals surface area (Å²) in [5, 5.41) is 21.9. The van der Waals surface area contributed by atoms with Crippen molar-refractivity contribution in [3.8, 4) is 0 Å². The number of carbonyl (C=O) groups excluding carboxylic acids is 5. The molecule has 2 atom stereocenters. The summed E-state index contributed by atoms with van der Waals surface area (Å²) in [6, 6.07) is 4.38. The minimum atomic E-state index is -1.48. The molecule has 2 aromatic rings. The Morgan fingerprint density at radius 2 is 2.00 bits per heavy atom. The molecule has 4 rings (SSSR count). The third-order valence-electron chi connectivity index (χ3n) is 5.81. The Morgan fingerprint density at radius 1 is 1.26 bits per heavy atom. The van der Waals surface area contributed by atoms with Crippen LogP contribution in [0.4, 0.5) is 5.13 Å². The molecule has 0 radical (unpaired) electrons. The highest BCUT2D eigenvalue weighted by Crippen LogP contribution is 2.40. The molecule has 0 saturated carbocycles. The number of aromatic nitrogens is 2. The molecule has 16 heteroatoms. The minimum absolute atomic E-state index is 0.0559. The van der Waals surface area contributed by atoms with Crippen LogP contribution in [0.5, 0.6) is 0 Å². The number of β-lactam (4-membered cyclic amide) rings is 1. The Kier molecular flexibility index (Phi) is 9.92. The highest BCUT2D eigenvalue weighted by molar-refractivity contribution is 8.00. The molecular weight excluding hydrogens is 600 g/mol. The van der Waals surface area contributed by atoms with Gasteiger partial charge in [-0.25, -0.2) is 14.3 Å². The zero-order chi connectivity index (χ0) is 31.1. The van der Waals surface area contributed by atoms with Crippen LogP contribution >= 0.6 is 23.1 Å². The molecule has 0 aromatic carbocycles. The molecule has 3 amide bonds. The predicted octanol–water partition coefficient (Wildman–Crippen LogP) is -0.278. The molecule has 1 fully saturated rings. The number of rotatable bonds is 12. The molecule has 2 aliphatic heterocycles. The van der Waals surface area contributed by atoms with Gasteiger partial charge in [0.15, 0.2) is 29.8 Å². The van der Waals surface area contributed by atoms with Gasteiger partial charge in [-0.1, -0.05) is 11.2 Å². The van der Waals surface area contributed by atoms with Crippen molar-refractivity contribution in [2.75, 3.05) is 17.7 Å². The van der Waals surface area contributed by atoms with Crippen molar-refractivity contribution in [3.63, 3.8) is 0 Å². The summed E-state index contributed by atoms with van der Waals surface area (Å²) in [5.41, 5.74) is -0.628. The monoisotopic (exact) mass is 628 g/mol. The van der Waals surface area contributed by atoms with E-state index in [0.717, 1.165) is 22.3 Å². The first-order valence-electron chi connectivity index (χ1n) is 12.9. The second-order valence-corrected chi connectivity index (χ2v) is 12.1. The summed E-state index contributed by atoms with van der Waals surface area (Å²) in [6.07, 6.45) is 6.49. The first-order chi connectivity index (χ1) is 20.5. The van der Waals surface area contributed by atoms with Crippen molar-refractivity contribution in [2.24, 2.45) is 5.16 Å². The van der Waals surface area contributed by atoms with E-state index < -0.39 is 40.8 Å². The van der Waals surface area contributed by atoms with Gasteiger partial charge in [-0.3, -0.25) is 19.3 Å². The smallest absolute Gasteiger partial charge is 0.331 e. The minimum Gasteiger partial charge on any atom is -0.543 e. The van der Waals surface area contributed by atoms with Crippen LogP contribution in [-0.4, -0.2) is 75.1 Å². The number of carboxylic acid groups (broad SMARTS) is 1. The molecule has 43 heavy (non-hydrogen) atoms. The number of aliphatic carboxylic acids is 1. The van der Waals surface area contributed by atoms with E-state index in [1.807, 2.05) is 6.07 Å². The van der Waals surface area contributed by atoms with Gasteiger partial charge in [-0.2, -0.15) is 0 Å². The van der Waals surface area contributed by atoms with E-state index in [4.69, 9.17) is 9.57 Å². The standard InChI is InChI=1S/C27H28N6O8S2/c1-27(2,3)41-18(35)8-7-11-40-31-19(17-14-43-26(29-17)28-15-34)22(36)30-20-23(37)33-21(25(38)39)16(13-42-24(20)33)12-32-9-5-4-6-10-32/h4-10,14-15,20,24H,11-13H2,1-3H3,(H2-,28,29,30,34,36,38,39)/b8-7+,31-19-/t20?,24-/m1/s1. The van der Waals surface area contributed by atoms with Crippen LogP contribution in [0.1, 0.15) is 26.5 Å². The first-order valence-corrected chi connectivity index (χ1v) is 14.8. The van der Waals surface area contributed by atoms with Gasteiger partial charge in [0.2, 0.25) is 6.41 Å². The lowest BCUT2D eigenvalue weighted by Gasteiger charge is -2.50. The van der Waals surface area contributed by atoms with Crippen molar-refractivity contribution in [2.45, 2.75) is 44.3 Å². The van der Waals surface area contributed by atoms with Crippen LogP contribution in [0.15, 0.2) is 64.6 Å². The zero-order valence-corrected chi connectivity index (χ0v) is 25.0. The number of esters is 1. The van der Waals surface area contributed by atoms with E-state index in [0.29, 0.717) is 17.7 Å². The summed E-state index contributed by atoms with van der Waals surface area (Å²) in [4.78, 5) is 71.7. The van der Waals surface area contributed by atoms with Gasteiger partial charge in [-0.05, 0) is 26.8 Å². The number of carbonyl (C=O) groups is 5. The van der Waals surface area contributed by atoms with Gasteiger partial charge in [0.05, 0.1) is 11.7 Å². The van der Waals surface area contributed by atoms with Crippen molar-refractivity contribution in [3.05, 3.63) is 65.1 Å². The quantitative estimate of drug-likeness (QED) is 0.0463. The molecule has 0 bridgehead atoms. The lowest BCUT2D eigenvalue weighted by molar-refractivity contribution is -0.689. The van der Waals surface area contributed by atoms with E-state index in [2.05, 4.69) is 20.8 Å². The van der Waals surface area contributed by atoms with Crippen LogP contribution in [0.2, 0.25) is 0 Å². The zero-order valence-electron chi connectivity index (χ0n) is 23.3. The van der Waals surface area contributed by atoms with Crippen molar-refractivity contribution in [1.82, 2.24) is 15.2 Å². The average molecular weight is 629 g/mol. The number of oxime groups is 1. The number of pyridine rings is 1. The maximum atomic E-state index is 13.3. The van der Waals surface area contributed by atoms with Gasteiger partial charge in [0.1, 0.15) is 29.3 Å². The van der Waals surface area contributed by atoms with Gasteiger partial charge in [0, 0.05) is 34.9 Å². The van der Waals surface area contributed by atoms with E-state index >= 15 is 0 Å².